The lowest BCUT2D eigenvalue weighted by atomic mass is 9.78. The monoisotopic (exact) mass is 379 g/mol. The van der Waals surface area contributed by atoms with Crippen LogP contribution in [0.1, 0.15) is 37.3 Å². The van der Waals surface area contributed by atoms with Crippen molar-refractivity contribution in [3.05, 3.63) is 59.9 Å². The Kier molecular flexibility index (Phi) is 5.62. The van der Waals surface area contributed by atoms with Gasteiger partial charge in [-0.15, -0.1) is 0 Å². The summed E-state index contributed by atoms with van der Waals surface area (Å²) in [5, 5.41) is 0. The second-order valence-corrected chi connectivity index (χ2v) is 8.01. The summed E-state index contributed by atoms with van der Waals surface area (Å²) in [6.45, 7) is 6.95. The Morgan fingerprint density at radius 2 is 1.93 bits per heavy atom. The van der Waals surface area contributed by atoms with Crippen LogP contribution in [-0.4, -0.2) is 46.9 Å². The van der Waals surface area contributed by atoms with Gasteiger partial charge in [0.15, 0.2) is 0 Å². The van der Waals surface area contributed by atoms with Gasteiger partial charge >= 0.3 is 0 Å². The molecule has 2 aromatic rings. The fourth-order valence-electron chi connectivity index (χ4n) is 4.60. The molecule has 3 heterocycles. The Morgan fingerprint density at radius 3 is 2.68 bits per heavy atom. The van der Waals surface area contributed by atoms with Gasteiger partial charge in [-0.3, -0.25) is 14.7 Å². The highest BCUT2D eigenvalue weighted by atomic mass is 16.5. The molecule has 28 heavy (non-hydrogen) atoms. The minimum absolute atomic E-state index is 0.203. The summed E-state index contributed by atoms with van der Waals surface area (Å²) in [6.07, 6.45) is 6.70. The van der Waals surface area contributed by atoms with E-state index in [0.717, 1.165) is 56.8 Å². The quantitative estimate of drug-likeness (QED) is 0.771. The van der Waals surface area contributed by atoms with Crippen molar-refractivity contribution in [2.45, 2.75) is 39.3 Å². The molecule has 1 aromatic heterocycles. The van der Waals surface area contributed by atoms with Gasteiger partial charge in [0.05, 0.1) is 12.0 Å². The first-order chi connectivity index (χ1) is 13.7. The lowest BCUT2D eigenvalue weighted by molar-refractivity contribution is -0.146. The van der Waals surface area contributed by atoms with Crippen molar-refractivity contribution < 1.29 is 9.53 Å². The van der Waals surface area contributed by atoms with E-state index in [1.54, 1.807) is 6.20 Å². The summed E-state index contributed by atoms with van der Waals surface area (Å²) in [7, 11) is 0. The zero-order chi connectivity index (χ0) is 19.4. The molecular formula is C23H29N3O2. The minimum atomic E-state index is -0.203. The molecular weight excluding hydrogens is 350 g/mol. The van der Waals surface area contributed by atoms with Gasteiger partial charge in [0.1, 0.15) is 5.75 Å². The van der Waals surface area contributed by atoms with Crippen molar-refractivity contribution in [2.24, 2.45) is 5.41 Å². The van der Waals surface area contributed by atoms with Crippen LogP contribution in [0.4, 0.5) is 0 Å². The van der Waals surface area contributed by atoms with Gasteiger partial charge in [0, 0.05) is 38.6 Å². The van der Waals surface area contributed by atoms with E-state index in [4.69, 9.17) is 4.74 Å². The maximum atomic E-state index is 13.3. The molecule has 5 heteroatoms. The van der Waals surface area contributed by atoms with E-state index in [0.29, 0.717) is 19.1 Å². The SMILES string of the molecule is CCOc1ccc(CN2CCC3(CCCN(Cc4cccnc4)C3=O)C2)cc1. The van der Waals surface area contributed by atoms with Crippen molar-refractivity contribution in [2.75, 3.05) is 26.2 Å². The Balaban J connectivity index is 1.39. The number of amides is 1. The highest BCUT2D eigenvalue weighted by Crippen LogP contribution is 2.41. The molecule has 1 unspecified atom stereocenters. The molecule has 1 spiro atoms. The highest BCUT2D eigenvalue weighted by Gasteiger charge is 2.48. The molecule has 1 aromatic carbocycles. The van der Waals surface area contributed by atoms with Crippen LogP contribution < -0.4 is 4.74 Å². The minimum Gasteiger partial charge on any atom is -0.494 e. The summed E-state index contributed by atoms with van der Waals surface area (Å²) in [4.78, 5) is 22.0. The Hall–Kier alpha value is -2.40. The van der Waals surface area contributed by atoms with Crippen molar-refractivity contribution in [1.82, 2.24) is 14.8 Å². The summed E-state index contributed by atoms with van der Waals surface area (Å²) < 4.78 is 5.53. The predicted molar refractivity (Wildman–Crippen MR) is 109 cm³/mol. The van der Waals surface area contributed by atoms with E-state index in [1.165, 1.54) is 5.56 Å². The number of aromatic nitrogens is 1. The van der Waals surface area contributed by atoms with Crippen LogP contribution in [0.2, 0.25) is 0 Å². The molecule has 0 N–H and O–H groups in total. The molecule has 0 bridgehead atoms. The van der Waals surface area contributed by atoms with E-state index in [-0.39, 0.29) is 5.41 Å². The number of pyridine rings is 1. The van der Waals surface area contributed by atoms with Gasteiger partial charge in [-0.1, -0.05) is 18.2 Å². The second kappa shape index (κ2) is 8.31. The van der Waals surface area contributed by atoms with Crippen molar-refractivity contribution in [1.29, 1.82) is 0 Å². The number of carbonyl (C=O) groups excluding carboxylic acids is 1. The van der Waals surface area contributed by atoms with Crippen LogP contribution >= 0.6 is 0 Å². The summed E-state index contributed by atoms with van der Waals surface area (Å²) >= 11 is 0. The van der Waals surface area contributed by atoms with E-state index in [1.807, 2.05) is 36.2 Å². The number of likely N-dealkylation sites (tertiary alicyclic amines) is 2. The molecule has 2 saturated heterocycles. The molecule has 1 amide bonds. The van der Waals surface area contributed by atoms with Crippen molar-refractivity contribution >= 4 is 5.91 Å². The third-order valence-corrected chi connectivity index (χ3v) is 5.99. The lowest BCUT2D eigenvalue weighted by Crippen LogP contribution is -2.49. The van der Waals surface area contributed by atoms with Crippen molar-refractivity contribution in [3.63, 3.8) is 0 Å². The first-order valence-electron chi connectivity index (χ1n) is 10.3. The molecule has 0 radical (unpaired) electrons. The van der Waals surface area contributed by atoms with Crippen LogP contribution in [0.5, 0.6) is 5.75 Å². The number of benzene rings is 1. The number of nitrogens with zero attached hydrogens (tertiary/aromatic N) is 3. The van der Waals surface area contributed by atoms with Gasteiger partial charge in [-0.05, 0) is 62.1 Å². The lowest BCUT2D eigenvalue weighted by Gasteiger charge is -2.39. The number of rotatable bonds is 6. The Morgan fingerprint density at radius 1 is 1.07 bits per heavy atom. The molecule has 0 saturated carbocycles. The van der Waals surface area contributed by atoms with Crippen LogP contribution in [0, 0.1) is 5.41 Å². The molecule has 5 nitrogen and oxygen atoms in total. The number of ether oxygens (including phenoxy) is 1. The van der Waals surface area contributed by atoms with Gasteiger partial charge in [0.25, 0.3) is 0 Å². The number of piperidine rings is 1. The number of carbonyl (C=O) groups is 1. The third kappa shape index (κ3) is 4.04. The average molecular weight is 380 g/mol. The molecule has 1 atom stereocenters. The van der Waals surface area contributed by atoms with E-state index < -0.39 is 0 Å². The van der Waals surface area contributed by atoms with Gasteiger partial charge in [-0.25, -0.2) is 0 Å². The fraction of sp³-hybridized carbons (Fsp3) is 0.478. The maximum absolute atomic E-state index is 13.3. The molecule has 2 aliphatic heterocycles. The highest BCUT2D eigenvalue weighted by molar-refractivity contribution is 5.84. The van der Waals surface area contributed by atoms with E-state index in [2.05, 4.69) is 28.1 Å². The largest absolute Gasteiger partial charge is 0.494 e. The molecule has 2 fully saturated rings. The summed E-state index contributed by atoms with van der Waals surface area (Å²) in [6, 6.07) is 12.3. The van der Waals surface area contributed by atoms with Crippen LogP contribution in [-0.2, 0) is 17.9 Å². The second-order valence-electron chi connectivity index (χ2n) is 8.01. The van der Waals surface area contributed by atoms with Gasteiger partial charge in [0.2, 0.25) is 5.91 Å². The fourth-order valence-corrected chi connectivity index (χ4v) is 4.60. The van der Waals surface area contributed by atoms with E-state index in [9.17, 15) is 4.79 Å². The maximum Gasteiger partial charge on any atom is 0.230 e. The first kappa shape index (κ1) is 18.9. The molecule has 0 aliphatic carbocycles. The van der Waals surface area contributed by atoms with E-state index >= 15 is 0 Å². The summed E-state index contributed by atoms with van der Waals surface area (Å²) in [5.41, 5.74) is 2.18. The molecule has 4 rings (SSSR count). The first-order valence-corrected chi connectivity index (χ1v) is 10.3. The average Bonchev–Trinajstić information content (AvgIpc) is 3.12. The normalized spacial score (nSPS) is 22.8. The Labute approximate surface area is 167 Å². The zero-order valence-electron chi connectivity index (χ0n) is 16.6. The Bertz CT molecular complexity index is 793. The van der Waals surface area contributed by atoms with Gasteiger partial charge < -0.3 is 9.64 Å². The third-order valence-electron chi connectivity index (χ3n) is 5.99. The predicted octanol–water partition coefficient (Wildman–Crippen LogP) is 3.50. The van der Waals surface area contributed by atoms with Crippen LogP contribution in [0.25, 0.3) is 0 Å². The van der Waals surface area contributed by atoms with Crippen LogP contribution in [0.15, 0.2) is 48.8 Å². The molecule has 2 aliphatic rings. The van der Waals surface area contributed by atoms with Crippen LogP contribution in [0.3, 0.4) is 0 Å². The van der Waals surface area contributed by atoms with Gasteiger partial charge in [-0.2, -0.15) is 0 Å². The smallest absolute Gasteiger partial charge is 0.230 e. The van der Waals surface area contributed by atoms with Crippen molar-refractivity contribution in [3.8, 4) is 5.75 Å². The number of hydrogen-bond donors (Lipinski definition) is 0. The zero-order valence-corrected chi connectivity index (χ0v) is 16.6. The number of hydrogen-bond acceptors (Lipinski definition) is 4. The standard InChI is InChI=1S/C23H29N3O2/c1-2-28-21-8-6-19(7-9-21)16-25-14-11-23(18-25)10-4-13-26(22(23)27)17-20-5-3-12-24-15-20/h3,5-9,12,15H,2,4,10-11,13-14,16-18H2,1H3. The molecule has 148 valence electrons. The topological polar surface area (TPSA) is 45.7 Å². The summed E-state index contributed by atoms with van der Waals surface area (Å²) in [5.74, 6) is 1.24.